The molecule has 0 amide bonds. The van der Waals surface area contributed by atoms with Gasteiger partial charge in [0.05, 0.1) is 34.4 Å². The second-order valence-corrected chi connectivity index (χ2v) is 15.6. The molecule has 0 saturated carbocycles. The number of aliphatic carboxylic acids is 1. The fraction of sp³-hybridized carbons (Fsp3) is 0.884. The molecule has 0 aliphatic rings. The molecule has 0 aromatic carbocycles. The number of hydrogen-bond acceptors (Lipinski definition) is 6. The Morgan fingerprint density at radius 2 is 0.980 bits per heavy atom. The van der Waals surface area contributed by atoms with Crippen molar-refractivity contribution in [3.63, 3.8) is 0 Å². The van der Waals surface area contributed by atoms with Gasteiger partial charge in [0.25, 0.3) is 0 Å². The largest absolute Gasteiger partial charge is 0.477 e. The Labute approximate surface area is 314 Å². The van der Waals surface area contributed by atoms with Gasteiger partial charge in [-0.25, -0.2) is 4.79 Å². The van der Waals surface area contributed by atoms with Crippen molar-refractivity contribution in [3.05, 3.63) is 12.2 Å². The second-order valence-electron chi connectivity index (χ2n) is 15.6. The number of ether oxygens (including phenoxy) is 3. The van der Waals surface area contributed by atoms with Crippen LogP contribution in [0.15, 0.2) is 12.2 Å². The first-order valence-corrected chi connectivity index (χ1v) is 21.2. The van der Waals surface area contributed by atoms with Crippen LogP contribution in [0.2, 0.25) is 0 Å². The maximum atomic E-state index is 12.7. The number of carbonyl (C=O) groups excluding carboxylic acids is 2. The Morgan fingerprint density at radius 1 is 0.569 bits per heavy atom. The maximum Gasteiger partial charge on any atom is 0.362 e. The van der Waals surface area contributed by atoms with Gasteiger partial charge in [0.1, 0.15) is 6.61 Å². The van der Waals surface area contributed by atoms with Crippen molar-refractivity contribution < 1.29 is 38.2 Å². The van der Waals surface area contributed by atoms with Crippen molar-refractivity contribution in [1.82, 2.24) is 0 Å². The molecule has 51 heavy (non-hydrogen) atoms. The van der Waals surface area contributed by atoms with Crippen molar-refractivity contribution in [3.8, 4) is 0 Å². The molecule has 8 nitrogen and oxygen atoms in total. The summed E-state index contributed by atoms with van der Waals surface area (Å²) in [5.41, 5.74) is 0. The normalized spacial score (nSPS) is 13.0. The van der Waals surface area contributed by atoms with Crippen LogP contribution in [0.25, 0.3) is 0 Å². The van der Waals surface area contributed by atoms with Gasteiger partial charge in [-0.3, -0.25) is 9.59 Å². The van der Waals surface area contributed by atoms with E-state index in [9.17, 15) is 19.5 Å². The van der Waals surface area contributed by atoms with Gasteiger partial charge in [-0.1, -0.05) is 148 Å². The lowest BCUT2D eigenvalue weighted by Crippen LogP contribution is -2.50. The first kappa shape index (κ1) is 49.1. The molecule has 8 heteroatoms. The molecular weight excluding hydrogens is 642 g/mol. The highest BCUT2D eigenvalue weighted by Gasteiger charge is 2.31. The molecule has 0 aliphatic heterocycles. The van der Waals surface area contributed by atoms with Gasteiger partial charge in [-0.05, 0) is 38.5 Å². The fourth-order valence-corrected chi connectivity index (χ4v) is 6.32. The molecule has 0 fully saturated rings. The van der Waals surface area contributed by atoms with Crippen LogP contribution in [-0.4, -0.2) is 80.6 Å². The quantitative estimate of drug-likeness (QED) is 0.0293. The van der Waals surface area contributed by atoms with Crippen LogP contribution in [0.3, 0.4) is 0 Å². The number of esters is 2. The minimum absolute atomic E-state index is 0.0513. The summed E-state index contributed by atoms with van der Waals surface area (Å²) >= 11 is 0. The minimum Gasteiger partial charge on any atom is -0.477 e. The second kappa shape index (κ2) is 35.1. The number of allylic oxidation sites excluding steroid dienone is 2. The molecule has 0 bridgehead atoms. The molecule has 2 atom stereocenters. The average molecular weight is 725 g/mol. The Morgan fingerprint density at radius 3 is 1.43 bits per heavy atom. The first-order valence-electron chi connectivity index (χ1n) is 21.2. The van der Waals surface area contributed by atoms with Gasteiger partial charge in [0.2, 0.25) is 0 Å². The van der Waals surface area contributed by atoms with E-state index < -0.39 is 18.1 Å². The predicted octanol–water partition coefficient (Wildman–Crippen LogP) is 11.1. The molecule has 0 heterocycles. The molecular formula is C43H82NO7+. The monoisotopic (exact) mass is 725 g/mol. The summed E-state index contributed by atoms with van der Waals surface area (Å²) in [5, 5.41) is 9.60. The van der Waals surface area contributed by atoms with E-state index in [0.717, 1.165) is 51.4 Å². The molecule has 0 spiro atoms. The Hall–Kier alpha value is -1.93. The third-order valence-electron chi connectivity index (χ3n) is 9.66. The third kappa shape index (κ3) is 33.6. The number of carboxylic acids is 1. The highest BCUT2D eigenvalue weighted by molar-refractivity contribution is 5.72. The molecule has 0 saturated heterocycles. The minimum atomic E-state index is -0.875. The van der Waals surface area contributed by atoms with Gasteiger partial charge < -0.3 is 23.8 Å². The van der Waals surface area contributed by atoms with E-state index in [1.54, 1.807) is 0 Å². The molecule has 0 aromatic heterocycles. The lowest BCUT2D eigenvalue weighted by Gasteiger charge is -2.31. The lowest BCUT2D eigenvalue weighted by molar-refractivity contribution is -0.887. The SMILES string of the molecule is CCCCCCCCC/C=C/CCCCCC(=O)OC(COCCC(C(=O)O)[N+](C)(C)C)COC(=O)CCCCCCCCCCCCCCC. The highest BCUT2D eigenvalue weighted by atomic mass is 16.6. The number of carbonyl (C=O) groups is 3. The van der Waals surface area contributed by atoms with Crippen molar-refractivity contribution >= 4 is 17.9 Å². The Bertz CT molecular complexity index is 854. The van der Waals surface area contributed by atoms with Gasteiger partial charge in [0.15, 0.2) is 12.1 Å². The van der Waals surface area contributed by atoms with E-state index in [1.165, 1.54) is 109 Å². The van der Waals surface area contributed by atoms with E-state index in [-0.39, 0.29) is 36.2 Å². The summed E-state index contributed by atoms with van der Waals surface area (Å²) in [6.07, 6.45) is 35.3. The molecule has 300 valence electrons. The molecule has 0 aromatic rings. The number of unbranched alkanes of at least 4 members (excludes halogenated alkanes) is 22. The number of hydrogen-bond donors (Lipinski definition) is 1. The Balaban J connectivity index is 4.38. The zero-order valence-corrected chi connectivity index (χ0v) is 34.1. The number of likely N-dealkylation sites (N-methyl/N-ethyl adjacent to an activating group) is 1. The van der Waals surface area contributed by atoms with E-state index in [2.05, 4.69) is 26.0 Å². The van der Waals surface area contributed by atoms with Gasteiger partial charge >= 0.3 is 17.9 Å². The van der Waals surface area contributed by atoms with E-state index >= 15 is 0 Å². The molecule has 1 N–H and O–H groups in total. The van der Waals surface area contributed by atoms with Crippen molar-refractivity contribution in [2.45, 2.75) is 206 Å². The summed E-state index contributed by atoms with van der Waals surface area (Å²) < 4.78 is 17.2. The van der Waals surface area contributed by atoms with E-state index in [4.69, 9.17) is 14.2 Å². The molecule has 0 radical (unpaired) electrons. The van der Waals surface area contributed by atoms with Gasteiger partial charge in [-0.15, -0.1) is 0 Å². The van der Waals surface area contributed by atoms with Gasteiger partial charge in [-0.2, -0.15) is 0 Å². The summed E-state index contributed by atoms with van der Waals surface area (Å²) in [4.78, 5) is 36.9. The maximum absolute atomic E-state index is 12.7. The molecule has 2 unspecified atom stereocenters. The van der Waals surface area contributed by atoms with Crippen LogP contribution in [0.1, 0.15) is 194 Å². The van der Waals surface area contributed by atoms with Gasteiger partial charge in [0, 0.05) is 19.3 Å². The van der Waals surface area contributed by atoms with Crippen LogP contribution in [0.5, 0.6) is 0 Å². The van der Waals surface area contributed by atoms with Crippen molar-refractivity contribution in [1.29, 1.82) is 0 Å². The molecule has 0 rings (SSSR count). The summed E-state index contributed by atoms with van der Waals surface area (Å²) in [6, 6.07) is -0.612. The highest BCUT2D eigenvalue weighted by Crippen LogP contribution is 2.15. The van der Waals surface area contributed by atoms with Crippen LogP contribution in [0.4, 0.5) is 0 Å². The smallest absolute Gasteiger partial charge is 0.362 e. The van der Waals surface area contributed by atoms with Crippen LogP contribution >= 0.6 is 0 Å². The van der Waals surface area contributed by atoms with Crippen LogP contribution in [-0.2, 0) is 28.6 Å². The summed E-state index contributed by atoms with van der Waals surface area (Å²) in [5.74, 6) is -1.48. The van der Waals surface area contributed by atoms with Crippen LogP contribution < -0.4 is 0 Å². The topological polar surface area (TPSA) is 99.1 Å². The van der Waals surface area contributed by atoms with E-state index in [0.29, 0.717) is 19.3 Å². The summed E-state index contributed by atoms with van der Waals surface area (Å²) in [7, 11) is 5.52. The number of nitrogens with zero attached hydrogens (tertiary/aromatic N) is 1. The summed E-state index contributed by atoms with van der Waals surface area (Å²) in [6.45, 7) is 4.73. The van der Waals surface area contributed by atoms with Crippen LogP contribution in [0, 0.1) is 0 Å². The standard InChI is InChI=1S/C43H81NO7/c1-6-8-10-12-14-16-18-20-22-24-26-28-30-32-34-42(46)51-39(37-49-36-35-40(43(47)48)44(3,4)5)38-50-41(45)33-31-29-27-25-23-21-19-17-15-13-11-9-7-2/h22,24,39-40H,6-21,23,25-38H2,1-5H3/p+1/b24-22+. The zero-order chi connectivity index (χ0) is 37.8. The van der Waals surface area contributed by atoms with E-state index in [1.807, 2.05) is 21.1 Å². The fourth-order valence-electron chi connectivity index (χ4n) is 6.32. The molecule has 0 aliphatic carbocycles. The Kier molecular flexibility index (Phi) is 33.8. The van der Waals surface area contributed by atoms with Crippen molar-refractivity contribution in [2.24, 2.45) is 0 Å². The average Bonchev–Trinajstić information content (AvgIpc) is 3.08. The lowest BCUT2D eigenvalue weighted by atomic mass is 10.0. The zero-order valence-electron chi connectivity index (χ0n) is 34.1. The number of rotatable bonds is 38. The predicted molar refractivity (Wildman–Crippen MR) is 211 cm³/mol. The number of carboxylic acid groups (broad SMARTS) is 1. The van der Waals surface area contributed by atoms with Crippen molar-refractivity contribution in [2.75, 3.05) is 41.0 Å². The third-order valence-corrected chi connectivity index (χ3v) is 9.66. The number of quaternary nitrogens is 1. The first-order chi connectivity index (χ1) is 24.6.